The molecule has 0 aliphatic carbocycles. The molecule has 0 fully saturated rings. The number of ether oxygens (including phenoxy) is 2. The van der Waals surface area contributed by atoms with Gasteiger partial charge in [-0.15, -0.1) is 0 Å². The van der Waals surface area contributed by atoms with Gasteiger partial charge in [0.2, 0.25) is 0 Å². The first-order valence-electron chi connectivity index (χ1n) is 14.1. The molecule has 3 aromatic carbocycles. The van der Waals surface area contributed by atoms with Gasteiger partial charge < -0.3 is 14.8 Å². The molecule has 42 heavy (non-hydrogen) atoms. The molecule has 2 aromatic heterocycles. The van der Waals surface area contributed by atoms with Crippen LogP contribution >= 0.6 is 0 Å². The van der Waals surface area contributed by atoms with Crippen molar-refractivity contribution in [2.24, 2.45) is 0 Å². The highest BCUT2D eigenvalue weighted by Crippen LogP contribution is 2.45. The Morgan fingerprint density at radius 3 is 2.55 bits per heavy atom. The van der Waals surface area contributed by atoms with Crippen molar-refractivity contribution in [3.05, 3.63) is 95.2 Å². The summed E-state index contributed by atoms with van der Waals surface area (Å²) in [5.41, 5.74) is 6.01. The molecule has 1 unspecified atom stereocenters. The normalized spacial score (nSPS) is 13.5. The van der Waals surface area contributed by atoms with Crippen LogP contribution in [0.15, 0.2) is 72.9 Å². The van der Waals surface area contributed by atoms with E-state index in [-0.39, 0.29) is 11.7 Å². The molecule has 0 saturated heterocycles. The van der Waals surface area contributed by atoms with Crippen LogP contribution < -0.4 is 10.1 Å². The van der Waals surface area contributed by atoms with E-state index >= 15 is 0 Å². The van der Waals surface area contributed by atoms with Crippen molar-refractivity contribution in [1.29, 1.82) is 0 Å². The molecule has 1 aliphatic heterocycles. The lowest BCUT2D eigenvalue weighted by Crippen LogP contribution is -2.27. The first-order chi connectivity index (χ1) is 20.1. The molecule has 1 N–H and O–H groups in total. The number of amides is 1. The fraction of sp³-hybridized carbons (Fsp3) is 0.257. The van der Waals surface area contributed by atoms with Gasteiger partial charge in [-0.2, -0.15) is 0 Å². The van der Waals surface area contributed by atoms with Crippen LogP contribution in [-0.2, 0) is 16.0 Å². The summed E-state index contributed by atoms with van der Waals surface area (Å²) in [6.45, 7) is 10.0. The maximum absolute atomic E-state index is 13.2. The van der Waals surface area contributed by atoms with E-state index in [1.54, 1.807) is 25.1 Å². The first-order valence-corrected chi connectivity index (χ1v) is 14.1. The summed E-state index contributed by atoms with van der Waals surface area (Å²) < 4.78 is 12.4. The lowest BCUT2D eigenvalue weighted by molar-refractivity contribution is -0.138. The quantitative estimate of drug-likeness (QED) is 0.233. The highest BCUT2D eigenvalue weighted by molar-refractivity contribution is 6.09. The lowest BCUT2D eigenvalue weighted by atomic mass is 9.85. The molecule has 0 radical (unpaired) electrons. The van der Waals surface area contributed by atoms with Gasteiger partial charge in [-0.05, 0) is 105 Å². The van der Waals surface area contributed by atoms with E-state index in [1.807, 2.05) is 82.4 Å². The molecule has 1 atom stereocenters. The Morgan fingerprint density at radius 1 is 1.02 bits per heavy atom. The third-order valence-corrected chi connectivity index (χ3v) is 7.46. The second-order valence-electron chi connectivity index (χ2n) is 11.7. The molecule has 0 bridgehead atoms. The zero-order valence-corrected chi connectivity index (χ0v) is 24.4. The summed E-state index contributed by atoms with van der Waals surface area (Å²) in [5.74, 6) is 0.915. The van der Waals surface area contributed by atoms with Crippen LogP contribution in [0.3, 0.4) is 0 Å². The number of nitrogens with zero attached hydrogens (tertiary/aromatic N) is 2. The van der Waals surface area contributed by atoms with Gasteiger partial charge in [0.05, 0.1) is 23.2 Å². The van der Waals surface area contributed by atoms with Crippen LogP contribution in [-0.4, -0.2) is 33.9 Å². The molecule has 6 rings (SSSR count). The molecule has 3 heterocycles. The van der Waals surface area contributed by atoms with Crippen LogP contribution in [0, 0.1) is 6.92 Å². The zero-order valence-electron chi connectivity index (χ0n) is 24.4. The van der Waals surface area contributed by atoms with Gasteiger partial charge in [0, 0.05) is 34.5 Å². The molecule has 212 valence electrons. The Balaban J connectivity index is 1.60. The Kier molecular flexibility index (Phi) is 6.99. The standard InChI is InChI=1S/C35H33N3O4/c1-20-19-26-24(12-14-28(37-26)38-34(40)23-9-7-6-8-10-23)31(29(20)33(21(2)39)42-35(3,4)5)25-11-13-27-30-22(16-18-41-27)15-17-36-32(25)30/h6-15,17,19,33H,16,18H2,1-5H3,(H,37,38,40). The second-order valence-corrected chi connectivity index (χ2v) is 11.7. The van der Waals surface area contributed by atoms with Crippen LogP contribution in [0.1, 0.15) is 60.8 Å². The van der Waals surface area contributed by atoms with E-state index in [0.29, 0.717) is 23.5 Å². The SMILES string of the molecule is CC(=O)C(OC(C)(C)C)c1c(C)cc2nc(NC(=O)c3ccccc3)ccc2c1-c1ccc2c3c(ccnc13)CCO2. The minimum atomic E-state index is -0.802. The molecular weight excluding hydrogens is 526 g/mol. The van der Waals surface area contributed by atoms with Crippen molar-refractivity contribution in [2.75, 3.05) is 11.9 Å². The van der Waals surface area contributed by atoms with Crippen molar-refractivity contribution in [2.45, 2.75) is 52.7 Å². The minimum Gasteiger partial charge on any atom is -0.493 e. The molecule has 1 amide bonds. The fourth-order valence-corrected chi connectivity index (χ4v) is 5.70. The van der Waals surface area contributed by atoms with Gasteiger partial charge in [-0.25, -0.2) is 4.98 Å². The number of carbonyl (C=O) groups excluding carboxylic acids is 2. The number of nitrogens with one attached hydrogen (secondary N) is 1. The van der Waals surface area contributed by atoms with Gasteiger partial charge in [-0.1, -0.05) is 18.2 Å². The maximum Gasteiger partial charge on any atom is 0.256 e. The monoisotopic (exact) mass is 559 g/mol. The van der Waals surface area contributed by atoms with Crippen LogP contribution in [0.4, 0.5) is 5.82 Å². The average Bonchev–Trinajstić information content (AvgIpc) is 2.96. The number of ketones is 1. The molecule has 5 aromatic rings. The smallest absolute Gasteiger partial charge is 0.256 e. The van der Waals surface area contributed by atoms with Gasteiger partial charge >= 0.3 is 0 Å². The van der Waals surface area contributed by atoms with E-state index in [2.05, 4.69) is 5.32 Å². The molecular formula is C35H33N3O4. The number of carbonyl (C=O) groups is 2. The molecule has 0 spiro atoms. The predicted octanol–water partition coefficient (Wildman–Crippen LogP) is 7.39. The van der Waals surface area contributed by atoms with Crippen LogP contribution in [0.2, 0.25) is 0 Å². The number of hydrogen-bond acceptors (Lipinski definition) is 6. The van der Waals surface area contributed by atoms with E-state index in [4.69, 9.17) is 19.4 Å². The average molecular weight is 560 g/mol. The van der Waals surface area contributed by atoms with Gasteiger partial charge in [0.15, 0.2) is 5.78 Å². The highest BCUT2D eigenvalue weighted by Gasteiger charge is 2.31. The van der Waals surface area contributed by atoms with Crippen molar-refractivity contribution >= 4 is 39.3 Å². The van der Waals surface area contributed by atoms with Gasteiger partial charge in [0.1, 0.15) is 17.7 Å². The topological polar surface area (TPSA) is 90.4 Å². The number of pyridine rings is 2. The number of fused-ring (bicyclic) bond motifs is 1. The van der Waals surface area contributed by atoms with Crippen LogP contribution in [0.25, 0.3) is 32.9 Å². The maximum atomic E-state index is 13.2. The van der Waals surface area contributed by atoms with E-state index < -0.39 is 11.7 Å². The number of benzene rings is 3. The Hall–Kier alpha value is -4.62. The summed E-state index contributed by atoms with van der Waals surface area (Å²) in [4.78, 5) is 35.8. The van der Waals surface area contributed by atoms with Crippen LogP contribution in [0.5, 0.6) is 5.75 Å². The van der Waals surface area contributed by atoms with E-state index in [1.165, 1.54) is 5.56 Å². The number of Topliss-reactive ketones (excluding diaryl/α,β-unsaturated/α-hetero) is 1. The Labute approximate surface area is 244 Å². The number of aryl methyl sites for hydroxylation is 1. The van der Waals surface area contributed by atoms with Crippen molar-refractivity contribution in [3.63, 3.8) is 0 Å². The number of anilines is 1. The van der Waals surface area contributed by atoms with Crippen molar-refractivity contribution in [1.82, 2.24) is 9.97 Å². The summed E-state index contributed by atoms with van der Waals surface area (Å²) in [6, 6.07) is 20.8. The Bertz CT molecular complexity index is 1850. The minimum absolute atomic E-state index is 0.0904. The largest absolute Gasteiger partial charge is 0.493 e. The predicted molar refractivity (Wildman–Crippen MR) is 165 cm³/mol. The number of rotatable bonds is 6. The molecule has 1 aliphatic rings. The van der Waals surface area contributed by atoms with E-state index in [0.717, 1.165) is 50.7 Å². The molecule has 0 saturated carbocycles. The van der Waals surface area contributed by atoms with Crippen molar-refractivity contribution < 1.29 is 19.1 Å². The summed E-state index contributed by atoms with van der Waals surface area (Å²) >= 11 is 0. The fourth-order valence-electron chi connectivity index (χ4n) is 5.70. The summed E-state index contributed by atoms with van der Waals surface area (Å²) in [5, 5.41) is 4.73. The van der Waals surface area contributed by atoms with Gasteiger partial charge in [0.25, 0.3) is 5.91 Å². The Morgan fingerprint density at radius 2 is 1.81 bits per heavy atom. The van der Waals surface area contributed by atoms with Crippen molar-refractivity contribution in [3.8, 4) is 16.9 Å². The number of hydrogen-bond donors (Lipinski definition) is 1. The van der Waals surface area contributed by atoms with E-state index in [9.17, 15) is 9.59 Å². The summed E-state index contributed by atoms with van der Waals surface area (Å²) in [6.07, 6.45) is 1.83. The lowest BCUT2D eigenvalue weighted by Gasteiger charge is -2.30. The molecule has 7 nitrogen and oxygen atoms in total. The third-order valence-electron chi connectivity index (χ3n) is 7.46. The second kappa shape index (κ2) is 10.7. The highest BCUT2D eigenvalue weighted by atomic mass is 16.5. The molecule has 7 heteroatoms. The summed E-state index contributed by atoms with van der Waals surface area (Å²) in [7, 11) is 0. The zero-order chi connectivity index (χ0) is 29.6. The first kappa shape index (κ1) is 27.5. The number of aromatic nitrogens is 2. The third kappa shape index (κ3) is 5.12. The van der Waals surface area contributed by atoms with Gasteiger partial charge in [-0.3, -0.25) is 14.6 Å².